The molecule has 0 saturated carbocycles. The summed E-state index contributed by atoms with van der Waals surface area (Å²) in [6.45, 7) is 3.38. The van der Waals surface area contributed by atoms with E-state index in [0.717, 1.165) is 5.56 Å². The van der Waals surface area contributed by atoms with Gasteiger partial charge >= 0.3 is 5.97 Å². The third kappa shape index (κ3) is 5.57. The first kappa shape index (κ1) is 18.4. The second kappa shape index (κ2) is 8.78. The van der Waals surface area contributed by atoms with E-state index in [1.54, 1.807) is 30.3 Å². The van der Waals surface area contributed by atoms with E-state index in [9.17, 15) is 14.4 Å². The summed E-state index contributed by atoms with van der Waals surface area (Å²) in [4.78, 5) is 35.9. The van der Waals surface area contributed by atoms with E-state index in [1.165, 1.54) is 6.92 Å². The van der Waals surface area contributed by atoms with Gasteiger partial charge in [-0.25, -0.2) is 0 Å². The van der Waals surface area contributed by atoms with E-state index in [0.29, 0.717) is 11.3 Å². The van der Waals surface area contributed by atoms with E-state index in [-0.39, 0.29) is 18.6 Å². The van der Waals surface area contributed by atoms with Crippen LogP contribution in [0.5, 0.6) is 0 Å². The van der Waals surface area contributed by atoms with Crippen molar-refractivity contribution in [3.63, 3.8) is 0 Å². The Morgan fingerprint density at radius 2 is 1.60 bits per heavy atom. The Labute approximate surface area is 147 Å². The Balaban J connectivity index is 1.80. The van der Waals surface area contributed by atoms with Crippen molar-refractivity contribution in [2.24, 2.45) is 0 Å². The van der Waals surface area contributed by atoms with Gasteiger partial charge in [-0.1, -0.05) is 48.5 Å². The van der Waals surface area contributed by atoms with Crippen molar-refractivity contribution >= 4 is 23.3 Å². The Morgan fingerprint density at radius 1 is 0.960 bits per heavy atom. The number of hydrogen-bond acceptors (Lipinski definition) is 4. The first-order valence-corrected chi connectivity index (χ1v) is 8.11. The molecule has 0 radical (unpaired) electrons. The number of carbonyl (C=O) groups is 3. The Morgan fingerprint density at radius 3 is 2.28 bits per heavy atom. The minimum absolute atomic E-state index is 0.0506. The van der Waals surface area contributed by atoms with Crippen molar-refractivity contribution in [3.05, 3.63) is 65.7 Å². The van der Waals surface area contributed by atoms with Crippen LogP contribution in [-0.2, 0) is 14.3 Å². The van der Waals surface area contributed by atoms with Crippen LogP contribution in [0.1, 0.15) is 35.7 Å². The highest BCUT2D eigenvalue weighted by molar-refractivity contribution is 5.98. The van der Waals surface area contributed by atoms with Gasteiger partial charge in [-0.2, -0.15) is 0 Å². The van der Waals surface area contributed by atoms with Gasteiger partial charge in [0.25, 0.3) is 5.91 Å². The number of amides is 1. The summed E-state index contributed by atoms with van der Waals surface area (Å²) in [5.41, 5.74) is 2.15. The topological polar surface area (TPSA) is 72.5 Å². The maximum absolute atomic E-state index is 12.1. The van der Waals surface area contributed by atoms with Crippen LogP contribution in [0.3, 0.4) is 0 Å². The highest BCUT2D eigenvalue weighted by atomic mass is 16.5. The summed E-state index contributed by atoms with van der Waals surface area (Å²) in [6, 6.07) is 16.1. The molecule has 0 fully saturated rings. The summed E-state index contributed by atoms with van der Waals surface area (Å²) in [7, 11) is 0. The Bertz CT molecular complexity index is 755. The van der Waals surface area contributed by atoms with E-state index >= 15 is 0 Å². The molecule has 1 amide bonds. The molecule has 2 aromatic carbocycles. The quantitative estimate of drug-likeness (QED) is 0.619. The number of aryl methyl sites for hydroxylation is 1. The van der Waals surface area contributed by atoms with Crippen LogP contribution in [0.15, 0.2) is 54.6 Å². The molecule has 0 heterocycles. The number of ketones is 1. The zero-order chi connectivity index (χ0) is 18.2. The number of hydrogen-bond donors (Lipinski definition) is 1. The minimum atomic E-state index is -0.932. The zero-order valence-electron chi connectivity index (χ0n) is 14.3. The van der Waals surface area contributed by atoms with Gasteiger partial charge in [-0.05, 0) is 25.5 Å². The fraction of sp³-hybridized carbons (Fsp3) is 0.250. The summed E-state index contributed by atoms with van der Waals surface area (Å²) >= 11 is 0. The van der Waals surface area contributed by atoms with Gasteiger partial charge in [-0.3, -0.25) is 14.4 Å². The molecule has 1 N–H and O–H groups in total. The minimum Gasteiger partial charge on any atom is -0.453 e. The Hall–Kier alpha value is -2.95. The molecule has 25 heavy (non-hydrogen) atoms. The van der Waals surface area contributed by atoms with Crippen molar-refractivity contribution in [1.29, 1.82) is 0 Å². The summed E-state index contributed by atoms with van der Waals surface area (Å²) < 4.78 is 5.11. The summed E-state index contributed by atoms with van der Waals surface area (Å²) in [5, 5.41) is 2.72. The van der Waals surface area contributed by atoms with E-state index in [4.69, 9.17) is 4.74 Å². The van der Waals surface area contributed by atoms with Crippen molar-refractivity contribution in [1.82, 2.24) is 0 Å². The van der Waals surface area contributed by atoms with Crippen molar-refractivity contribution < 1.29 is 19.1 Å². The van der Waals surface area contributed by atoms with Crippen molar-refractivity contribution in [2.75, 3.05) is 5.32 Å². The van der Waals surface area contributed by atoms with Crippen LogP contribution in [0.4, 0.5) is 5.69 Å². The summed E-state index contributed by atoms with van der Waals surface area (Å²) in [5.74, 6) is -1.11. The standard InChI is InChI=1S/C20H21NO4/c1-14-8-6-7-11-17(14)21-20(24)15(2)25-19(23)13-12-18(22)16-9-4-3-5-10-16/h3-11,15H,12-13H2,1-2H3,(H,21,24). The number of Topliss-reactive ketones (excluding diaryl/α,β-unsaturated/α-hetero) is 1. The third-order valence-electron chi connectivity index (χ3n) is 3.73. The predicted molar refractivity (Wildman–Crippen MR) is 95.4 cm³/mol. The molecule has 0 spiro atoms. The average molecular weight is 339 g/mol. The average Bonchev–Trinajstić information content (AvgIpc) is 2.62. The number of carbonyl (C=O) groups excluding carboxylic acids is 3. The van der Waals surface area contributed by atoms with Gasteiger partial charge in [0.2, 0.25) is 0 Å². The molecule has 0 bridgehead atoms. The van der Waals surface area contributed by atoms with E-state index in [2.05, 4.69) is 5.32 Å². The number of ether oxygens (including phenoxy) is 1. The normalized spacial score (nSPS) is 11.4. The summed E-state index contributed by atoms with van der Waals surface area (Å²) in [6.07, 6.45) is -0.941. The van der Waals surface area contributed by atoms with Gasteiger partial charge in [0, 0.05) is 17.7 Å². The van der Waals surface area contributed by atoms with Gasteiger partial charge in [-0.15, -0.1) is 0 Å². The monoisotopic (exact) mass is 339 g/mol. The lowest BCUT2D eigenvalue weighted by Gasteiger charge is -2.14. The van der Waals surface area contributed by atoms with E-state index in [1.807, 2.05) is 31.2 Å². The number of nitrogens with one attached hydrogen (secondary N) is 1. The van der Waals surface area contributed by atoms with Gasteiger partial charge in [0.05, 0.1) is 6.42 Å². The van der Waals surface area contributed by atoms with Gasteiger partial charge in [0.15, 0.2) is 11.9 Å². The lowest BCUT2D eigenvalue weighted by atomic mass is 10.1. The zero-order valence-corrected chi connectivity index (χ0v) is 14.3. The highest BCUT2D eigenvalue weighted by Gasteiger charge is 2.19. The third-order valence-corrected chi connectivity index (χ3v) is 3.73. The first-order chi connectivity index (χ1) is 12.0. The molecule has 0 aliphatic rings. The van der Waals surface area contributed by atoms with Crippen molar-refractivity contribution in [2.45, 2.75) is 32.8 Å². The molecule has 1 atom stereocenters. The molecule has 5 nitrogen and oxygen atoms in total. The molecule has 2 aromatic rings. The van der Waals surface area contributed by atoms with Crippen LogP contribution in [-0.4, -0.2) is 23.8 Å². The number of benzene rings is 2. The van der Waals surface area contributed by atoms with Crippen LogP contribution in [0, 0.1) is 6.92 Å². The largest absolute Gasteiger partial charge is 0.453 e. The molecule has 0 saturated heterocycles. The number of esters is 1. The molecule has 130 valence electrons. The van der Waals surface area contributed by atoms with Gasteiger partial charge in [0.1, 0.15) is 0 Å². The van der Waals surface area contributed by atoms with Crippen molar-refractivity contribution in [3.8, 4) is 0 Å². The molecule has 0 aliphatic carbocycles. The lowest BCUT2D eigenvalue weighted by Crippen LogP contribution is -2.30. The lowest BCUT2D eigenvalue weighted by molar-refractivity contribution is -0.153. The second-order valence-corrected chi connectivity index (χ2v) is 5.73. The molecular formula is C20H21NO4. The second-order valence-electron chi connectivity index (χ2n) is 5.73. The SMILES string of the molecule is Cc1ccccc1NC(=O)C(C)OC(=O)CCC(=O)c1ccccc1. The number of para-hydroxylation sites is 1. The fourth-order valence-corrected chi connectivity index (χ4v) is 2.24. The van der Waals surface area contributed by atoms with Crippen LogP contribution < -0.4 is 5.32 Å². The highest BCUT2D eigenvalue weighted by Crippen LogP contribution is 2.14. The molecule has 0 aliphatic heterocycles. The van der Waals surface area contributed by atoms with Crippen LogP contribution in [0.25, 0.3) is 0 Å². The number of rotatable bonds is 7. The van der Waals surface area contributed by atoms with Gasteiger partial charge < -0.3 is 10.1 Å². The molecule has 1 unspecified atom stereocenters. The van der Waals surface area contributed by atoms with Crippen LogP contribution in [0.2, 0.25) is 0 Å². The first-order valence-electron chi connectivity index (χ1n) is 8.11. The molecule has 0 aromatic heterocycles. The maximum atomic E-state index is 12.1. The predicted octanol–water partition coefficient (Wildman–Crippen LogP) is 3.53. The maximum Gasteiger partial charge on any atom is 0.307 e. The van der Waals surface area contributed by atoms with E-state index < -0.39 is 18.0 Å². The molecule has 5 heteroatoms. The fourth-order valence-electron chi connectivity index (χ4n) is 2.24. The Kier molecular flexibility index (Phi) is 6.46. The number of anilines is 1. The van der Waals surface area contributed by atoms with Crippen LogP contribution >= 0.6 is 0 Å². The smallest absolute Gasteiger partial charge is 0.307 e. The molecular weight excluding hydrogens is 318 g/mol. The molecule has 2 rings (SSSR count).